The van der Waals surface area contributed by atoms with Crippen molar-refractivity contribution in [2.24, 2.45) is 0 Å². The summed E-state index contributed by atoms with van der Waals surface area (Å²) in [6.07, 6.45) is 7.17. The Balaban J connectivity index is 1.92. The van der Waals surface area contributed by atoms with Crippen molar-refractivity contribution in [3.63, 3.8) is 0 Å². The summed E-state index contributed by atoms with van der Waals surface area (Å²) in [5.41, 5.74) is 1.60. The lowest BCUT2D eigenvalue weighted by Gasteiger charge is -2.28. The zero-order chi connectivity index (χ0) is 14.0. The maximum Gasteiger partial charge on any atom is 0.182 e. The minimum absolute atomic E-state index is 0.270. The van der Waals surface area contributed by atoms with Gasteiger partial charge in [-0.1, -0.05) is 19.8 Å². The molecule has 3 rings (SSSR count). The third-order valence-electron chi connectivity index (χ3n) is 4.45. The van der Waals surface area contributed by atoms with Crippen molar-refractivity contribution in [3.8, 4) is 0 Å². The lowest BCUT2D eigenvalue weighted by molar-refractivity contribution is 0.0856. The molecule has 0 saturated carbocycles. The third kappa shape index (κ3) is 2.27. The van der Waals surface area contributed by atoms with E-state index in [-0.39, 0.29) is 11.3 Å². The van der Waals surface area contributed by atoms with E-state index >= 15 is 0 Å². The minimum Gasteiger partial charge on any atom is -0.361 e. The van der Waals surface area contributed by atoms with Crippen LogP contribution in [0.25, 0.3) is 10.9 Å². The second-order valence-corrected chi connectivity index (χ2v) is 5.82. The number of carbonyl (C=O) groups excluding carboxylic acids is 1. The molecule has 3 nitrogen and oxygen atoms in total. The summed E-state index contributed by atoms with van der Waals surface area (Å²) in [5.74, 6) is 0.270. The first kappa shape index (κ1) is 13.4. The van der Waals surface area contributed by atoms with Gasteiger partial charge in [-0.15, -0.1) is 0 Å². The van der Waals surface area contributed by atoms with Crippen molar-refractivity contribution >= 4 is 16.7 Å². The van der Waals surface area contributed by atoms with Crippen molar-refractivity contribution < 1.29 is 4.79 Å². The Morgan fingerprint density at radius 1 is 1.35 bits per heavy atom. The van der Waals surface area contributed by atoms with E-state index in [0.29, 0.717) is 0 Å². The average molecular weight is 270 g/mol. The van der Waals surface area contributed by atoms with Gasteiger partial charge in [-0.3, -0.25) is 4.79 Å². The van der Waals surface area contributed by atoms with Crippen LogP contribution in [0.5, 0.6) is 0 Å². The highest BCUT2D eigenvalue weighted by atomic mass is 16.1. The Morgan fingerprint density at radius 2 is 2.25 bits per heavy atom. The zero-order valence-corrected chi connectivity index (χ0v) is 12.0. The number of aromatic nitrogens is 1. The number of benzene rings is 1. The molecule has 2 N–H and O–H groups in total. The van der Waals surface area contributed by atoms with Gasteiger partial charge in [0.2, 0.25) is 0 Å². The summed E-state index contributed by atoms with van der Waals surface area (Å²) < 4.78 is 0. The molecule has 1 atom stereocenters. The lowest BCUT2D eigenvalue weighted by atomic mass is 9.83. The van der Waals surface area contributed by atoms with E-state index in [1.54, 1.807) is 0 Å². The van der Waals surface area contributed by atoms with Gasteiger partial charge in [-0.2, -0.15) is 0 Å². The molecule has 1 saturated heterocycles. The van der Waals surface area contributed by atoms with Crippen LogP contribution in [0.15, 0.2) is 30.5 Å². The minimum atomic E-state index is -0.319. The van der Waals surface area contributed by atoms with Gasteiger partial charge in [0.05, 0.1) is 5.54 Å². The molecule has 1 aliphatic heterocycles. The maximum absolute atomic E-state index is 13.0. The van der Waals surface area contributed by atoms with Gasteiger partial charge in [-0.25, -0.2) is 0 Å². The summed E-state index contributed by atoms with van der Waals surface area (Å²) in [6.45, 7) is 3.14. The number of unbranched alkanes of at least 4 members (excludes halogenated alkanes) is 1. The maximum atomic E-state index is 13.0. The number of aromatic amines is 1. The van der Waals surface area contributed by atoms with E-state index in [4.69, 9.17) is 0 Å². The van der Waals surface area contributed by atoms with E-state index in [9.17, 15) is 4.79 Å². The highest BCUT2D eigenvalue weighted by Gasteiger charge is 2.40. The number of hydrogen-bond acceptors (Lipinski definition) is 2. The van der Waals surface area contributed by atoms with E-state index in [1.807, 2.05) is 30.5 Å². The van der Waals surface area contributed by atoms with E-state index in [0.717, 1.165) is 55.1 Å². The van der Waals surface area contributed by atoms with Crippen molar-refractivity contribution in [1.82, 2.24) is 10.3 Å². The molecule has 1 aliphatic rings. The van der Waals surface area contributed by atoms with Crippen LogP contribution in [0.4, 0.5) is 0 Å². The number of rotatable bonds is 5. The van der Waals surface area contributed by atoms with Gasteiger partial charge in [-0.05, 0) is 50.1 Å². The SMILES string of the molecule is CCCCC1(C(=O)c2ccc3[nH]ccc3c2)CCCN1. The molecule has 1 aromatic carbocycles. The van der Waals surface area contributed by atoms with Crippen molar-refractivity contribution in [2.45, 2.75) is 44.6 Å². The summed E-state index contributed by atoms with van der Waals surface area (Å²) in [7, 11) is 0. The molecular formula is C17H22N2O. The number of Topliss-reactive ketones (excluding diaryl/α,β-unsaturated/α-hetero) is 1. The van der Waals surface area contributed by atoms with E-state index in [1.165, 1.54) is 0 Å². The van der Waals surface area contributed by atoms with Crippen LogP contribution in [0.3, 0.4) is 0 Å². The molecule has 0 amide bonds. The molecule has 1 unspecified atom stereocenters. The van der Waals surface area contributed by atoms with Crippen LogP contribution in [-0.4, -0.2) is 22.9 Å². The fourth-order valence-electron chi connectivity index (χ4n) is 3.28. The van der Waals surface area contributed by atoms with Gasteiger partial charge >= 0.3 is 0 Å². The molecule has 2 heterocycles. The largest absolute Gasteiger partial charge is 0.361 e. The molecule has 0 bridgehead atoms. The first-order valence-electron chi connectivity index (χ1n) is 7.62. The topological polar surface area (TPSA) is 44.9 Å². The highest BCUT2D eigenvalue weighted by molar-refractivity contribution is 6.05. The molecule has 0 radical (unpaired) electrons. The molecule has 2 aromatic rings. The van der Waals surface area contributed by atoms with Crippen LogP contribution < -0.4 is 5.32 Å². The molecule has 0 aliphatic carbocycles. The third-order valence-corrected chi connectivity index (χ3v) is 4.45. The molecule has 1 aromatic heterocycles. The molecular weight excluding hydrogens is 248 g/mol. The average Bonchev–Trinajstić information content (AvgIpc) is 3.13. The molecule has 20 heavy (non-hydrogen) atoms. The monoisotopic (exact) mass is 270 g/mol. The number of nitrogens with one attached hydrogen (secondary N) is 2. The van der Waals surface area contributed by atoms with Crippen LogP contribution in [0.2, 0.25) is 0 Å². The summed E-state index contributed by atoms with van der Waals surface area (Å²) in [4.78, 5) is 16.1. The van der Waals surface area contributed by atoms with Crippen molar-refractivity contribution in [3.05, 3.63) is 36.0 Å². The molecule has 1 fully saturated rings. The Morgan fingerprint density at radius 3 is 3.00 bits per heavy atom. The van der Waals surface area contributed by atoms with Gasteiger partial charge in [0.15, 0.2) is 5.78 Å². The van der Waals surface area contributed by atoms with E-state index in [2.05, 4.69) is 17.2 Å². The molecule has 3 heteroatoms. The van der Waals surface area contributed by atoms with Gasteiger partial charge in [0.1, 0.15) is 0 Å². The van der Waals surface area contributed by atoms with Gasteiger partial charge in [0, 0.05) is 22.7 Å². The summed E-state index contributed by atoms with van der Waals surface area (Å²) >= 11 is 0. The lowest BCUT2D eigenvalue weighted by Crippen LogP contribution is -2.47. The standard InChI is InChI=1S/C17H22N2O/c1-2-3-8-17(9-4-10-19-17)16(20)14-5-6-15-13(12-14)7-11-18-15/h5-7,11-12,18-19H,2-4,8-10H2,1H3. The fraction of sp³-hybridized carbons (Fsp3) is 0.471. The number of hydrogen-bond donors (Lipinski definition) is 2. The van der Waals surface area contributed by atoms with Gasteiger partial charge < -0.3 is 10.3 Å². The summed E-state index contributed by atoms with van der Waals surface area (Å²) in [6, 6.07) is 7.99. The Bertz CT molecular complexity index is 608. The predicted octanol–water partition coefficient (Wildman–Crippen LogP) is 3.66. The second kappa shape index (κ2) is 5.41. The van der Waals surface area contributed by atoms with Crippen LogP contribution in [-0.2, 0) is 0 Å². The first-order valence-corrected chi connectivity index (χ1v) is 7.62. The van der Waals surface area contributed by atoms with Crippen molar-refractivity contribution in [2.75, 3.05) is 6.54 Å². The quantitative estimate of drug-likeness (QED) is 0.814. The van der Waals surface area contributed by atoms with Crippen LogP contribution in [0.1, 0.15) is 49.4 Å². The first-order chi connectivity index (χ1) is 9.75. The number of H-pyrrole nitrogens is 1. The summed E-state index contributed by atoms with van der Waals surface area (Å²) in [5, 5.41) is 4.60. The van der Waals surface area contributed by atoms with Crippen LogP contribution in [0, 0.1) is 0 Å². The predicted molar refractivity (Wildman–Crippen MR) is 82.1 cm³/mol. The fourth-order valence-corrected chi connectivity index (χ4v) is 3.28. The normalized spacial score (nSPS) is 22.4. The van der Waals surface area contributed by atoms with E-state index < -0.39 is 0 Å². The highest BCUT2D eigenvalue weighted by Crippen LogP contribution is 2.30. The Kier molecular flexibility index (Phi) is 3.62. The number of fused-ring (bicyclic) bond motifs is 1. The van der Waals surface area contributed by atoms with Crippen molar-refractivity contribution in [1.29, 1.82) is 0 Å². The molecule has 0 spiro atoms. The van der Waals surface area contributed by atoms with Gasteiger partial charge in [0.25, 0.3) is 0 Å². The Hall–Kier alpha value is -1.61. The molecule has 106 valence electrons. The Labute approximate surface area is 119 Å². The second-order valence-electron chi connectivity index (χ2n) is 5.82. The smallest absolute Gasteiger partial charge is 0.182 e. The number of carbonyl (C=O) groups is 1. The zero-order valence-electron chi connectivity index (χ0n) is 12.0. The van der Waals surface area contributed by atoms with Crippen LogP contribution >= 0.6 is 0 Å². The number of ketones is 1.